The van der Waals surface area contributed by atoms with Crippen molar-refractivity contribution in [3.63, 3.8) is 0 Å². The summed E-state index contributed by atoms with van der Waals surface area (Å²) in [6.07, 6.45) is 5.33. The van der Waals surface area contributed by atoms with Gasteiger partial charge in [-0.3, -0.25) is 4.79 Å². The Bertz CT molecular complexity index is 214. The van der Waals surface area contributed by atoms with Crippen molar-refractivity contribution in [1.29, 1.82) is 0 Å². The first-order valence-electron chi connectivity index (χ1n) is 6.09. The van der Waals surface area contributed by atoms with Crippen LogP contribution in [0.25, 0.3) is 0 Å². The normalized spacial score (nSPS) is 26.7. The third-order valence-corrected chi connectivity index (χ3v) is 3.35. The van der Waals surface area contributed by atoms with Gasteiger partial charge in [0.05, 0.1) is 0 Å². The minimum atomic E-state index is 0.236. The molecule has 1 atom stereocenters. The molecular weight excluding hydrogens is 188 g/mol. The van der Waals surface area contributed by atoms with Crippen LogP contribution in [0.1, 0.15) is 46.0 Å². The molecule has 3 heteroatoms. The van der Waals surface area contributed by atoms with Gasteiger partial charge in [-0.15, -0.1) is 0 Å². The van der Waals surface area contributed by atoms with Crippen molar-refractivity contribution in [2.45, 2.75) is 46.0 Å². The molecule has 3 nitrogen and oxygen atoms in total. The zero-order valence-corrected chi connectivity index (χ0v) is 10.1. The zero-order valence-electron chi connectivity index (χ0n) is 10.1. The molecule has 88 valence electrons. The van der Waals surface area contributed by atoms with Crippen LogP contribution >= 0.6 is 0 Å². The summed E-state index contributed by atoms with van der Waals surface area (Å²) >= 11 is 0. The van der Waals surface area contributed by atoms with Gasteiger partial charge in [0.1, 0.15) is 0 Å². The number of carbonyl (C=O) groups is 1. The van der Waals surface area contributed by atoms with E-state index in [0.717, 1.165) is 19.5 Å². The van der Waals surface area contributed by atoms with Gasteiger partial charge in [-0.1, -0.05) is 20.3 Å². The molecule has 1 unspecified atom stereocenters. The van der Waals surface area contributed by atoms with E-state index in [0.29, 0.717) is 18.4 Å². The van der Waals surface area contributed by atoms with Crippen molar-refractivity contribution in [3.8, 4) is 0 Å². The Kier molecular flexibility index (Phi) is 4.58. The monoisotopic (exact) mass is 212 g/mol. The van der Waals surface area contributed by atoms with E-state index in [1.807, 2.05) is 4.90 Å². The van der Waals surface area contributed by atoms with Crippen LogP contribution in [-0.4, -0.2) is 30.4 Å². The maximum absolute atomic E-state index is 11.7. The second kappa shape index (κ2) is 5.50. The average Bonchev–Trinajstić information content (AvgIpc) is 2.18. The highest BCUT2D eigenvalue weighted by Gasteiger charge is 2.31. The average molecular weight is 212 g/mol. The molecule has 1 saturated heterocycles. The van der Waals surface area contributed by atoms with Gasteiger partial charge in [-0.2, -0.15) is 0 Å². The van der Waals surface area contributed by atoms with Crippen LogP contribution in [0.4, 0.5) is 0 Å². The first-order valence-corrected chi connectivity index (χ1v) is 6.09. The van der Waals surface area contributed by atoms with E-state index in [4.69, 9.17) is 5.73 Å². The van der Waals surface area contributed by atoms with E-state index in [2.05, 4.69) is 13.8 Å². The number of likely N-dealkylation sites (tertiary alicyclic amines) is 1. The highest BCUT2D eigenvalue weighted by molar-refractivity contribution is 5.76. The van der Waals surface area contributed by atoms with Crippen molar-refractivity contribution < 1.29 is 4.79 Å². The van der Waals surface area contributed by atoms with E-state index in [9.17, 15) is 4.79 Å². The summed E-state index contributed by atoms with van der Waals surface area (Å²) in [7, 11) is 0. The van der Waals surface area contributed by atoms with Gasteiger partial charge in [0.2, 0.25) is 5.91 Å². The maximum atomic E-state index is 11.7. The lowest BCUT2D eigenvalue weighted by molar-refractivity contribution is -0.134. The Morgan fingerprint density at radius 1 is 1.53 bits per heavy atom. The Labute approximate surface area is 93.0 Å². The summed E-state index contributed by atoms with van der Waals surface area (Å²) < 4.78 is 0. The molecule has 2 N–H and O–H groups in total. The molecule has 15 heavy (non-hydrogen) atoms. The first kappa shape index (κ1) is 12.5. The topological polar surface area (TPSA) is 46.3 Å². The summed E-state index contributed by atoms with van der Waals surface area (Å²) in [5.41, 5.74) is 5.76. The maximum Gasteiger partial charge on any atom is 0.223 e. The predicted octanol–water partition coefficient (Wildman–Crippen LogP) is 1.76. The van der Waals surface area contributed by atoms with Crippen LogP contribution in [0, 0.1) is 5.41 Å². The fraction of sp³-hybridized carbons (Fsp3) is 0.917. The Morgan fingerprint density at radius 3 is 2.87 bits per heavy atom. The summed E-state index contributed by atoms with van der Waals surface area (Å²) in [5, 5.41) is 0. The van der Waals surface area contributed by atoms with Gasteiger partial charge in [0.25, 0.3) is 0 Å². The Hall–Kier alpha value is -0.570. The standard InChI is InChI=1S/C12H24N2O/c1-3-6-12(2)7-4-9-14(10-12)11(15)5-8-13/h3-10,13H2,1-2H3. The second-order valence-corrected chi connectivity index (χ2v) is 5.02. The number of nitrogens with zero attached hydrogens (tertiary/aromatic N) is 1. The number of rotatable bonds is 4. The smallest absolute Gasteiger partial charge is 0.223 e. The molecule has 0 radical (unpaired) electrons. The minimum Gasteiger partial charge on any atom is -0.342 e. The molecule has 1 rings (SSSR count). The second-order valence-electron chi connectivity index (χ2n) is 5.02. The molecule has 0 aromatic rings. The Balaban J connectivity index is 2.51. The van der Waals surface area contributed by atoms with E-state index in [1.54, 1.807) is 0 Å². The fourth-order valence-electron chi connectivity index (χ4n) is 2.62. The molecule has 1 heterocycles. The van der Waals surface area contributed by atoms with Gasteiger partial charge >= 0.3 is 0 Å². The van der Waals surface area contributed by atoms with Crippen molar-refractivity contribution >= 4 is 5.91 Å². The predicted molar refractivity (Wildman–Crippen MR) is 62.5 cm³/mol. The lowest BCUT2D eigenvalue weighted by atomic mass is 9.78. The van der Waals surface area contributed by atoms with Gasteiger partial charge in [0.15, 0.2) is 0 Å². The Morgan fingerprint density at radius 2 is 2.27 bits per heavy atom. The van der Waals surface area contributed by atoms with Crippen molar-refractivity contribution in [2.24, 2.45) is 11.1 Å². The largest absolute Gasteiger partial charge is 0.342 e. The van der Waals surface area contributed by atoms with Crippen LogP contribution in [-0.2, 0) is 4.79 Å². The number of hydrogen-bond acceptors (Lipinski definition) is 2. The summed E-state index contributed by atoms with van der Waals surface area (Å²) in [6, 6.07) is 0. The van der Waals surface area contributed by atoms with Gasteiger partial charge in [0, 0.05) is 26.1 Å². The molecule has 0 aliphatic carbocycles. The lowest BCUT2D eigenvalue weighted by Crippen LogP contribution is -2.45. The number of amides is 1. The quantitative estimate of drug-likeness (QED) is 0.772. The van der Waals surface area contributed by atoms with Crippen molar-refractivity contribution in [2.75, 3.05) is 19.6 Å². The molecule has 1 aliphatic heterocycles. The number of hydrogen-bond donors (Lipinski definition) is 1. The third-order valence-electron chi connectivity index (χ3n) is 3.35. The molecular formula is C12H24N2O. The first-order chi connectivity index (χ1) is 7.11. The summed E-state index contributed by atoms with van der Waals surface area (Å²) in [4.78, 5) is 13.7. The van der Waals surface area contributed by atoms with Crippen molar-refractivity contribution in [3.05, 3.63) is 0 Å². The molecule has 0 saturated carbocycles. The molecule has 0 spiro atoms. The van der Waals surface area contributed by atoms with E-state index >= 15 is 0 Å². The van der Waals surface area contributed by atoms with Crippen LogP contribution in [0.3, 0.4) is 0 Å². The fourth-order valence-corrected chi connectivity index (χ4v) is 2.62. The lowest BCUT2D eigenvalue weighted by Gasteiger charge is -2.40. The molecule has 1 fully saturated rings. The highest BCUT2D eigenvalue weighted by atomic mass is 16.2. The van der Waals surface area contributed by atoms with Gasteiger partial charge in [-0.25, -0.2) is 0 Å². The molecule has 0 aromatic heterocycles. The van der Waals surface area contributed by atoms with Crippen LogP contribution in [0.5, 0.6) is 0 Å². The zero-order chi connectivity index (χ0) is 11.3. The highest BCUT2D eigenvalue weighted by Crippen LogP contribution is 2.33. The SMILES string of the molecule is CCCC1(C)CCCN(C(=O)CCN)C1. The number of nitrogens with two attached hydrogens (primary N) is 1. The third kappa shape index (κ3) is 3.49. The summed E-state index contributed by atoms with van der Waals surface area (Å²) in [5.74, 6) is 0.236. The van der Waals surface area contributed by atoms with Crippen molar-refractivity contribution in [1.82, 2.24) is 4.90 Å². The molecule has 1 amide bonds. The summed E-state index contributed by atoms with van der Waals surface area (Å²) in [6.45, 7) is 6.85. The van der Waals surface area contributed by atoms with Gasteiger partial charge in [-0.05, 0) is 24.7 Å². The van der Waals surface area contributed by atoms with Gasteiger partial charge < -0.3 is 10.6 Å². The number of carbonyl (C=O) groups excluding carboxylic acids is 1. The molecule has 0 bridgehead atoms. The van der Waals surface area contributed by atoms with E-state index in [1.165, 1.54) is 19.3 Å². The molecule has 0 aromatic carbocycles. The number of piperidine rings is 1. The van der Waals surface area contributed by atoms with Crippen LogP contribution in [0.2, 0.25) is 0 Å². The van der Waals surface area contributed by atoms with Crippen LogP contribution in [0.15, 0.2) is 0 Å². The minimum absolute atomic E-state index is 0.236. The van der Waals surface area contributed by atoms with E-state index in [-0.39, 0.29) is 5.91 Å². The van der Waals surface area contributed by atoms with E-state index < -0.39 is 0 Å². The molecule has 1 aliphatic rings. The van der Waals surface area contributed by atoms with Crippen LogP contribution < -0.4 is 5.73 Å².